The Morgan fingerprint density at radius 1 is 1.07 bits per heavy atom. The smallest absolute Gasteiger partial charge is 0.267 e. The van der Waals surface area contributed by atoms with Crippen LogP contribution in [-0.2, 0) is 11.3 Å². The first-order chi connectivity index (χ1) is 13.7. The van der Waals surface area contributed by atoms with Gasteiger partial charge in [0.25, 0.3) is 5.91 Å². The Labute approximate surface area is 167 Å². The zero-order valence-corrected chi connectivity index (χ0v) is 16.1. The Bertz CT molecular complexity index is 1010. The molecule has 2 aromatic carbocycles. The summed E-state index contributed by atoms with van der Waals surface area (Å²) in [5.74, 6) is 1.39. The Kier molecular flexibility index (Phi) is 5.30. The molecular formula is C22H18N2O3S. The van der Waals surface area contributed by atoms with E-state index in [4.69, 9.17) is 9.15 Å². The maximum atomic E-state index is 13.0. The van der Waals surface area contributed by atoms with Crippen molar-refractivity contribution in [3.63, 3.8) is 0 Å². The number of amidine groups is 1. The molecule has 0 aliphatic carbocycles. The van der Waals surface area contributed by atoms with E-state index >= 15 is 0 Å². The number of nitrogens with zero attached hydrogens (tertiary/aromatic N) is 2. The highest BCUT2D eigenvalue weighted by molar-refractivity contribution is 8.18. The number of carbonyl (C=O) groups excluding carboxylic acids is 1. The molecule has 1 aliphatic heterocycles. The molecule has 0 radical (unpaired) electrons. The van der Waals surface area contributed by atoms with E-state index in [1.807, 2.05) is 72.8 Å². The van der Waals surface area contributed by atoms with Gasteiger partial charge in [0, 0.05) is 0 Å². The van der Waals surface area contributed by atoms with Gasteiger partial charge in [-0.25, -0.2) is 4.99 Å². The standard InChI is InChI=1S/C22H18N2O3S/c1-26-18-11-9-16(10-12-18)14-20-21(25)24(15-19-8-5-13-27-19)22(28-20)23-17-6-3-2-4-7-17/h2-14H,15H2,1H3. The van der Waals surface area contributed by atoms with Crippen LogP contribution in [0.25, 0.3) is 6.08 Å². The lowest BCUT2D eigenvalue weighted by atomic mass is 10.2. The number of benzene rings is 2. The van der Waals surface area contributed by atoms with E-state index < -0.39 is 0 Å². The number of hydrogen-bond donors (Lipinski definition) is 0. The van der Waals surface area contributed by atoms with Crippen molar-refractivity contribution >= 4 is 34.6 Å². The second-order valence-corrected chi connectivity index (χ2v) is 7.09. The number of methoxy groups -OCH3 is 1. The molecule has 2 heterocycles. The van der Waals surface area contributed by atoms with E-state index in [0.717, 1.165) is 17.0 Å². The molecule has 1 aromatic heterocycles. The van der Waals surface area contributed by atoms with Crippen LogP contribution in [0.2, 0.25) is 0 Å². The molecule has 0 atom stereocenters. The second-order valence-electron chi connectivity index (χ2n) is 6.08. The summed E-state index contributed by atoms with van der Waals surface area (Å²) in [6.07, 6.45) is 3.47. The third-order valence-corrected chi connectivity index (χ3v) is 5.18. The monoisotopic (exact) mass is 390 g/mol. The number of carbonyl (C=O) groups is 1. The highest BCUT2D eigenvalue weighted by Gasteiger charge is 2.34. The third kappa shape index (κ3) is 4.02. The van der Waals surface area contributed by atoms with Crippen LogP contribution in [0.15, 0.2) is 87.3 Å². The minimum atomic E-state index is -0.0908. The van der Waals surface area contributed by atoms with E-state index in [2.05, 4.69) is 4.99 Å². The molecular weight excluding hydrogens is 372 g/mol. The Hall–Kier alpha value is -3.25. The van der Waals surface area contributed by atoms with Crippen molar-refractivity contribution in [2.75, 3.05) is 7.11 Å². The molecule has 4 rings (SSSR count). The van der Waals surface area contributed by atoms with E-state index in [0.29, 0.717) is 22.4 Å². The lowest BCUT2D eigenvalue weighted by molar-refractivity contribution is -0.122. The molecule has 0 unspecified atom stereocenters. The molecule has 0 spiro atoms. The van der Waals surface area contributed by atoms with Crippen molar-refractivity contribution in [2.45, 2.75) is 6.54 Å². The van der Waals surface area contributed by atoms with E-state index in [1.165, 1.54) is 11.8 Å². The summed E-state index contributed by atoms with van der Waals surface area (Å²) in [4.78, 5) is 20.0. The minimum Gasteiger partial charge on any atom is -0.497 e. The SMILES string of the molecule is COc1ccc(C=C2SC(=Nc3ccccc3)N(Cc3ccco3)C2=O)cc1. The molecule has 140 valence electrons. The number of aliphatic imine (C=N–C) groups is 1. The zero-order chi connectivity index (χ0) is 19.3. The van der Waals surface area contributed by atoms with E-state index in [-0.39, 0.29) is 5.91 Å². The fourth-order valence-electron chi connectivity index (χ4n) is 2.75. The lowest BCUT2D eigenvalue weighted by Crippen LogP contribution is -2.28. The van der Waals surface area contributed by atoms with Crippen LogP contribution in [0.4, 0.5) is 5.69 Å². The number of para-hydroxylation sites is 1. The molecule has 3 aromatic rings. The number of ether oxygens (including phenoxy) is 1. The minimum absolute atomic E-state index is 0.0908. The van der Waals surface area contributed by atoms with Gasteiger partial charge in [0.2, 0.25) is 0 Å². The number of thioether (sulfide) groups is 1. The quantitative estimate of drug-likeness (QED) is 0.569. The summed E-state index contributed by atoms with van der Waals surface area (Å²) < 4.78 is 10.6. The highest BCUT2D eigenvalue weighted by Crippen LogP contribution is 2.35. The van der Waals surface area contributed by atoms with Gasteiger partial charge in [0.1, 0.15) is 11.5 Å². The molecule has 0 bridgehead atoms. The Balaban J connectivity index is 1.66. The second kappa shape index (κ2) is 8.19. The van der Waals surface area contributed by atoms with Crippen molar-refractivity contribution in [3.05, 3.63) is 89.2 Å². The number of furan rings is 1. The largest absolute Gasteiger partial charge is 0.497 e. The summed E-state index contributed by atoms with van der Waals surface area (Å²) in [6.45, 7) is 0.338. The van der Waals surface area contributed by atoms with Gasteiger partial charge in [-0.15, -0.1) is 0 Å². The molecule has 1 fully saturated rings. The van der Waals surface area contributed by atoms with Gasteiger partial charge in [-0.2, -0.15) is 0 Å². The fraction of sp³-hybridized carbons (Fsp3) is 0.0909. The average Bonchev–Trinajstić information content (AvgIpc) is 3.34. The molecule has 5 nitrogen and oxygen atoms in total. The van der Waals surface area contributed by atoms with Crippen LogP contribution in [0.3, 0.4) is 0 Å². The molecule has 1 saturated heterocycles. The van der Waals surface area contributed by atoms with E-state index in [9.17, 15) is 4.79 Å². The highest BCUT2D eigenvalue weighted by atomic mass is 32.2. The van der Waals surface area contributed by atoms with Crippen molar-refractivity contribution in [3.8, 4) is 5.75 Å². The topological polar surface area (TPSA) is 55.0 Å². The fourth-order valence-corrected chi connectivity index (χ4v) is 3.75. The normalized spacial score (nSPS) is 16.9. The first-order valence-electron chi connectivity index (χ1n) is 8.74. The molecule has 0 N–H and O–H groups in total. The van der Waals surface area contributed by atoms with Gasteiger partial charge in [0.15, 0.2) is 5.17 Å². The van der Waals surface area contributed by atoms with Crippen LogP contribution in [0.5, 0.6) is 5.75 Å². The summed E-state index contributed by atoms with van der Waals surface area (Å²) in [6, 6.07) is 20.8. The first-order valence-corrected chi connectivity index (χ1v) is 9.56. The predicted octanol–water partition coefficient (Wildman–Crippen LogP) is 5.09. The molecule has 28 heavy (non-hydrogen) atoms. The van der Waals surface area contributed by atoms with Crippen LogP contribution in [0.1, 0.15) is 11.3 Å². The summed E-state index contributed by atoms with van der Waals surface area (Å²) in [5, 5.41) is 0.632. The van der Waals surface area contributed by atoms with Gasteiger partial charge >= 0.3 is 0 Å². The molecule has 0 saturated carbocycles. The maximum Gasteiger partial charge on any atom is 0.267 e. The number of hydrogen-bond acceptors (Lipinski definition) is 5. The van der Waals surface area contributed by atoms with Crippen LogP contribution < -0.4 is 4.74 Å². The van der Waals surface area contributed by atoms with Gasteiger partial charge in [-0.05, 0) is 59.8 Å². The molecule has 6 heteroatoms. The van der Waals surface area contributed by atoms with Gasteiger partial charge in [-0.3, -0.25) is 9.69 Å². The number of amides is 1. The lowest BCUT2D eigenvalue weighted by Gasteiger charge is -2.13. The first kappa shape index (κ1) is 18.1. The maximum absolute atomic E-state index is 13.0. The van der Waals surface area contributed by atoms with Crippen molar-refractivity contribution in [1.29, 1.82) is 0 Å². The van der Waals surface area contributed by atoms with Crippen LogP contribution >= 0.6 is 11.8 Å². The molecule has 1 aliphatic rings. The van der Waals surface area contributed by atoms with Gasteiger partial charge in [-0.1, -0.05) is 30.3 Å². The predicted molar refractivity (Wildman–Crippen MR) is 111 cm³/mol. The van der Waals surface area contributed by atoms with Crippen LogP contribution in [-0.4, -0.2) is 23.1 Å². The third-order valence-electron chi connectivity index (χ3n) is 4.18. The zero-order valence-electron chi connectivity index (χ0n) is 15.2. The summed E-state index contributed by atoms with van der Waals surface area (Å²) in [7, 11) is 1.63. The van der Waals surface area contributed by atoms with Crippen molar-refractivity contribution < 1.29 is 13.9 Å². The Morgan fingerprint density at radius 2 is 1.86 bits per heavy atom. The average molecular weight is 390 g/mol. The van der Waals surface area contributed by atoms with Gasteiger partial charge < -0.3 is 9.15 Å². The summed E-state index contributed by atoms with van der Waals surface area (Å²) >= 11 is 1.36. The number of rotatable bonds is 5. The van der Waals surface area contributed by atoms with Crippen LogP contribution in [0, 0.1) is 0 Å². The molecule has 1 amide bonds. The van der Waals surface area contributed by atoms with Gasteiger partial charge in [0.05, 0.1) is 30.5 Å². The van der Waals surface area contributed by atoms with Crippen molar-refractivity contribution in [2.24, 2.45) is 4.99 Å². The summed E-state index contributed by atoms with van der Waals surface area (Å²) in [5.41, 5.74) is 1.73. The Morgan fingerprint density at radius 3 is 2.54 bits per heavy atom. The van der Waals surface area contributed by atoms with Crippen molar-refractivity contribution in [1.82, 2.24) is 4.90 Å². The van der Waals surface area contributed by atoms with E-state index in [1.54, 1.807) is 18.3 Å².